The Morgan fingerprint density at radius 1 is 1.10 bits per heavy atom. The molecular weight excluding hydrogens is 280 g/mol. The third-order valence-electron chi connectivity index (χ3n) is 4.06. The second-order valence-corrected chi connectivity index (χ2v) is 6.78. The van der Waals surface area contributed by atoms with E-state index < -0.39 is 0 Å². The number of likely N-dealkylation sites (N-methyl/N-ethyl adjacent to an activating group) is 1. The second-order valence-electron chi connectivity index (χ2n) is 5.71. The Labute approximate surface area is 133 Å². The summed E-state index contributed by atoms with van der Waals surface area (Å²) in [6, 6.07) is 0. The highest BCUT2D eigenvalue weighted by Crippen LogP contribution is 2.28. The smallest absolute Gasteiger partial charge is 0.185 e. The van der Waals surface area contributed by atoms with Crippen LogP contribution in [0.3, 0.4) is 0 Å². The Balaban J connectivity index is 2.00. The van der Waals surface area contributed by atoms with E-state index in [1.807, 2.05) is 11.3 Å². The number of rotatable bonds is 8. The summed E-state index contributed by atoms with van der Waals surface area (Å²) in [4.78, 5) is 11.4. The first-order valence-corrected chi connectivity index (χ1v) is 9.26. The van der Waals surface area contributed by atoms with Gasteiger partial charge in [0.1, 0.15) is 0 Å². The Hall–Kier alpha value is -0.650. The van der Waals surface area contributed by atoms with Crippen molar-refractivity contribution < 1.29 is 0 Å². The number of thiazole rings is 1. The van der Waals surface area contributed by atoms with Crippen molar-refractivity contribution in [3.05, 3.63) is 10.6 Å². The predicted molar refractivity (Wildman–Crippen MR) is 92.4 cm³/mol. The monoisotopic (exact) mass is 310 g/mol. The number of piperazine rings is 1. The Morgan fingerprint density at radius 3 is 2.48 bits per heavy atom. The zero-order valence-corrected chi connectivity index (χ0v) is 14.6. The maximum Gasteiger partial charge on any atom is 0.185 e. The van der Waals surface area contributed by atoms with Gasteiger partial charge in [0.05, 0.1) is 5.69 Å². The predicted octanol–water partition coefficient (Wildman–Crippen LogP) is 2.74. The van der Waals surface area contributed by atoms with Gasteiger partial charge in [0.25, 0.3) is 0 Å². The summed E-state index contributed by atoms with van der Waals surface area (Å²) in [5.74, 6) is 0. The first kappa shape index (κ1) is 16.7. The van der Waals surface area contributed by atoms with Crippen LogP contribution >= 0.6 is 11.3 Å². The Bertz CT molecular complexity index is 410. The summed E-state index contributed by atoms with van der Waals surface area (Å²) < 4.78 is 0. The molecule has 0 bridgehead atoms. The van der Waals surface area contributed by atoms with Crippen LogP contribution in [0.25, 0.3) is 0 Å². The lowest BCUT2D eigenvalue weighted by Crippen LogP contribution is -2.46. The molecule has 1 aliphatic rings. The average Bonchev–Trinajstić information content (AvgIpc) is 2.91. The summed E-state index contributed by atoms with van der Waals surface area (Å²) in [7, 11) is 0. The lowest BCUT2D eigenvalue weighted by molar-refractivity contribution is 0.271. The molecule has 1 N–H and O–H groups in total. The molecule has 2 rings (SSSR count). The van der Waals surface area contributed by atoms with Crippen molar-refractivity contribution in [3.63, 3.8) is 0 Å². The van der Waals surface area contributed by atoms with Crippen LogP contribution in [-0.2, 0) is 13.0 Å². The van der Waals surface area contributed by atoms with Crippen molar-refractivity contribution >= 4 is 16.5 Å². The minimum absolute atomic E-state index is 0.982. The van der Waals surface area contributed by atoms with E-state index in [-0.39, 0.29) is 0 Å². The molecule has 0 aliphatic carbocycles. The van der Waals surface area contributed by atoms with Crippen molar-refractivity contribution in [2.45, 2.75) is 46.6 Å². The van der Waals surface area contributed by atoms with Crippen LogP contribution in [0.5, 0.6) is 0 Å². The van der Waals surface area contributed by atoms with Crippen LogP contribution in [-0.4, -0.2) is 49.2 Å². The molecule has 1 saturated heterocycles. The normalized spacial score (nSPS) is 16.6. The van der Waals surface area contributed by atoms with E-state index in [2.05, 4.69) is 35.9 Å². The van der Waals surface area contributed by atoms with E-state index >= 15 is 0 Å². The molecule has 120 valence electrons. The zero-order valence-electron chi connectivity index (χ0n) is 13.8. The van der Waals surface area contributed by atoms with Crippen LogP contribution < -0.4 is 10.2 Å². The minimum Gasteiger partial charge on any atom is -0.346 e. The Morgan fingerprint density at radius 2 is 1.86 bits per heavy atom. The number of aryl methyl sites for hydroxylation is 1. The van der Waals surface area contributed by atoms with Gasteiger partial charge in [0, 0.05) is 37.6 Å². The highest BCUT2D eigenvalue weighted by Gasteiger charge is 2.20. The summed E-state index contributed by atoms with van der Waals surface area (Å²) in [5, 5.41) is 4.76. The van der Waals surface area contributed by atoms with Gasteiger partial charge in [-0.15, -0.1) is 11.3 Å². The van der Waals surface area contributed by atoms with Gasteiger partial charge in [-0.2, -0.15) is 0 Å². The van der Waals surface area contributed by atoms with Gasteiger partial charge in [-0.3, -0.25) is 0 Å². The van der Waals surface area contributed by atoms with Gasteiger partial charge < -0.3 is 15.1 Å². The number of aromatic nitrogens is 1. The van der Waals surface area contributed by atoms with Gasteiger partial charge in [-0.05, 0) is 25.9 Å². The molecule has 0 atom stereocenters. The van der Waals surface area contributed by atoms with Gasteiger partial charge in [-0.25, -0.2) is 4.98 Å². The fourth-order valence-electron chi connectivity index (χ4n) is 2.71. The summed E-state index contributed by atoms with van der Waals surface area (Å²) >= 11 is 1.90. The number of hydrogen-bond donors (Lipinski definition) is 1. The molecule has 5 heteroatoms. The molecule has 21 heavy (non-hydrogen) atoms. The SMILES string of the molecule is CCCNCc1sc(N2CCN(CC)CC2)nc1CCC. The minimum atomic E-state index is 0.982. The van der Waals surface area contributed by atoms with E-state index in [1.54, 1.807) is 0 Å². The highest BCUT2D eigenvalue weighted by molar-refractivity contribution is 7.15. The van der Waals surface area contributed by atoms with Crippen LogP contribution in [0.4, 0.5) is 5.13 Å². The standard InChI is InChI=1S/C16H30N4S/c1-4-7-14-15(13-17-8-5-2)21-16(18-14)20-11-9-19(6-3)10-12-20/h17H,4-13H2,1-3H3. The molecule has 1 aromatic rings. The largest absolute Gasteiger partial charge is 0.346 e. The van der Waals surface area contributed by atoms with Crippen LogP contribution in [0, 0.1) is 0 Å². The maximum absolute atomic E-state index is 4.94. The molecule has 1 aliphatic heterocycles. The van der Waals surface area contributed by atoms with Crippen molar-refractivity contribution in [1.29, 1.82) is 0 Å². The molecule has 0 aromatic carbocycles. The molecule has 4 nitrogen and oxygen atoms in total. The second kappa shape index (κ2) is 8.71. The average molecular weight is 311 g/mol. The van der Waals surface area contributed by atoms with Gasteiger partial charge in [0.2, 0.25) is 0 Å². The quantitative estimate of drug-likeness (QED) is 0.748. The molecule has 0 radical (unpaired) electrons. The Kier molecular flexibility index (Phi) is 6.93. The molecule has 0 amide bonds. The molecule has 0 saturated carbocycles. The number of anilines is 1. The molecule has 0 spiro atoms. The number of nitrogens with one attached hydrogen (secondary N) is 1. The summed E-state index contributed by atoms with van der Waals surface area (Å²) in [6.07, 6.45) is 3.47. The molecular formula is C16H30N4S. The number of hydrogen-bond acceptors (Lipinski definition) is 5. The van der Waals surface area contributed by atoms with E-state index in [1.165, 1.54) is 48.2 Å². The van der Waals surface area contributed by atoms with Crippen LogP contribution in [0.1, 0.15) is 44.2 Å². The van der Waals surface area contributed by atoms with E-state index in [9.17, 15) is 0 Å². The first-order chi connectivity index (χ1) is 10.3. The van der Waals surface area contributed by atoms with E-state index in [0.717, 1.165) is 32.6 Å². The number of nitrogens with zero attached hydrogens (tertiary/aromatic N) is 3. The molecule has 1 fully saturated rings. The maximum atomic E-state index is 4.94. The van der Waals surface area contributed by atoms with Crippen molar-refractivity contribution in [3.8, 4) is 0 Å². The third kappa shape index (κ3) is 4.66. The summed E-state index contributed by atoms with van der Waals surface area (Å²) in [6.45, 7) is 14.5. The zero-order chi connectivity index (χ0) is 15.1. The fraction of sp³-hybridized carbons (Fsp3) is 0.812. The van der Waals surface area contributed by atoms with Crippen molar-refractivity contribution in [2.24, 2.45) is 0 Å². The lowest BCUT2D eigenvalue weighted by Gasteiger charge is -2.33. The topological polar surface area (TPSA) is 31.4 Å². The first-order valence-electron chi connectivity index (χ1n) is 8.45. The lowest BCUT2D eigenvalue weighted by atomic mass is 10.2. The molecule has 0 unspecified atom stereocenters. The van der Waals surface area contributed by atoms with Crippen molar-refractivity contribution in [2.75, 3.05) is 44.2 Å². The van der Waals surface area contributed by atoms with Crippen LogP contribution in [0.15, 0.2) is 0 Å². The fourth-order valence-corrected chi connectivity index (χ4v) is 3.84. The van der Waals surface area contributed by atoms with E-state index in [0.29, 0.717) is 0 Å². The van der Waals surface area contributed by atoms with Crippen molar-refractivity contribution in [1.82, 2.24) is 15.2 Å². The van der Waals surface area contributed by atoms with Gasteiger partial charge >= 0.3 is 0 Å². The third-order valence-corrected chi connectivity index (χ3v) is 5.21. The van der Waals surface area contributed by atoms with Gasteiger partial charge in [0.15, 0.2) is 5.13 Å². The van der Waals surface area contributed by atoms with E-state index in [4.69, 9.17) is 4.98 Å². The van der Waals surface area contributed by atoms with Gasteiger partial charge in [-0.1, -0.05) is 27.2 Å². The molecule has 2 heterocycles. The van der Waals surface area contributed by atoms with Crippen LogP contribution in [0.2, 0.25) is 0 Å². The highest BCUT2D eigenvalue weighted by atomic mass is 32.1. The summed E-state index contributed by atoms with van der Waals surface area (Å²) in [5.41, 5.74) is 1.32. The molecule has 1 aromatic heterocycles.